The Labute approximate surface area is 105 Å². The summed E-state index contributed by atoms with van der Waals surface area (Å²) >= 11 is -1.71. The van der Waals surface area contributed by atoms with Gasteiger partial charge in [-0.2, -0.15) is 0 Å². The molecule has 0 radical (unpaired) electrons. The fourth-order valence-corrected chi connectivity index (χ4v) is 13.9. The molecule has 3 rings (SSSR count). The molecule has 0 saturated heterocycles. The van der Waals surface area contributed by atoms with E-state index in [4.69, 9.17) is 0 Å². The van der Waals surface area contributed by atoms with Gasteiger partial charge in [0.1, 0.15) is 0 Å². The van der Waals surface area contributed by atoms with Crippen LogP contribution in [-0.4, -0.2) is 21.4 Å². The molecule has 0 unspecified atom stereocenters. The molecule has 0 N–H and O–H groups in total. The monoisotopic (exact) mass is 310 g/mol. The minimum atomic E-state index is -1.71. The van der Waals surface area contributed by atoms with Crippen molar-refractivity contribution in [2.24, 2.45) is 0 Å². The van der Waals surface area contributed by atoms with Gasteiger partial charge in [-0.15, -0.1) is 0 Å². The molecule has 0 aliphatic heterocycles. The molecule has 78 valence electrons. The molecule has 0 saturated carbocycles. The minimum absolute atomic E-state index is 0.789. The molecule has 0 nitrogen and oxygen atoms in total. The van der Waals surface area contributed by atoms with Crippen molar-refractivity contribution in [3.8, 4) is 0 Å². The van der Waals surface area contributed by atoms with Crippen molar-refractivity contribution in [1.29, 1.82) is 0 Å². The second-order valence-electron chi connectivity index (χ2n) is 4.62. The zero-order valence-electron chi connectivity index (χ0n) is 9.24. The molecule has 0 heterocycles. The van der Waals surface area contributed by atoms with Gasteiger partial charge in [-0.25, -0.2) is 0 Å². The maximum atomic E-state index is 2.42. The van der Waals surface area contributed by atoms with Crippen molar-refractivity contribution in [2.75, 3.05) is 0 Å². The van der Waals surface area contributed by atoms with E-state index in [1.807, 2.05) is 0 Å². The van der Waals surface area contributed by atoms with Crippen molar-refractivity contribution >= 4 is 21.4 Å². The Bertz CT molecular complexity index is 332. The Morgan fingerprint density at radius 1 is 0.438 bits per heavy atom. The number of allylic oxidation sites excluding steroid dienone is 12. The van der Waals surface area contributed by atoms with E-state index in [0.717, 1.165) is 11.0 Å². The van der Waals surface area contributed by atoms with Gasteiger partial charge in [0.05, 0.1) is 0 Å². The summed E-state index contributed by atoms with van der Waals surface area (Å²) in [6, 6.07) is 0. The van der Waals surface area contributed by atoms with Gasteiger partial charge < -0.3 is 0 Å². The summed E-state index contributed by atoms with van der Waals surface area (Å²) < 4.78 is 2.37. The number of hydrogen-bond donors (Lipinski definition) is 0. The average molecular weight is 310 g/mol. The fraction of sp³-hybridized carbons (Fsp3) is 0.200. The first-order chi connectivity index (χ1) is 7.95. The summed E-state index contributed by atoms with van der Waals surface area (Å²) in [6.07, 6.45) is 27.8. The standard InChI is InChI=1S/3C5H5.In/c3*1-2-4-5-3-1;/h3*1-5H;. The van der Waals surface area contributed by atoms with Gasteiger partial charge in [-0.3, -0.25) is 0 Å². The maximum absolute atomic E-state index is 2.42. The molecular formula is C15H15In. The molecule has 16 heavy (non-hydrogen) atoms. The molecule has 1 heteroatoms. The van der Waals surface area contributed by atoms with E-state index in [1.165, 1.54) is 0 Å². The molecule has 3 aliphatic rings. The van der Waals surface area contributed by atoms with Gasteiger partial charge in [0.25, 0.3) is 0 Å². The number of hydrogen-bond acceptors (Lipinski definition) is 0. The van der Waals surface area contributed by atoms with Crippen LogP contribution in [0.2, 0.25) is 11.0 Å². The summed E-state index contributed by atoms with van der Waals surface area (Å²) in [5.74, 6) is 0. The second-order valence-corrected chi connectivity index (χ2v) is 14.5. The van der Waals surface area contributed by atoms with E-state index < -0.39 is 21.4 Å². The SMILES string of the molecule is C1=C[CH]([In]([CH]2C=CC=C2)[CH]2C=CC=C2)C=C1. The van der Waals surface area contributed by atoms with Crippen LogP contribution in [0.4, 0.5) is 0 Å². The molecule has 0 fully saturated rings. The van der Waals surface area contributed by atoms with Crippen LogP contribution in [0.3, 0.4) is 0 Å². The second kappa shape index (κ2) is 4.67. The predicted octanol–water partition coefficient (Wildman–Crippen LogP) is 3.97. The predicted molar refractivity (Wildman–Crippen MR) is 71.8 cm³/mol. The summed E-state index contributed by atoms with van der Waals surface area (Å²) in [6.45, 7) is 0. The van der Waals surface area contributed by atoms with Crippen LogP contribution >= 0.6 is 0 Å². The van der Waals surface area contributed by atoms with Crippen LogP contribution in [0.5, 0.6) is 0 Å². The zero-order valence-corrected chi connectivity index (χ0v) is 12.5. The van der Waals surface area contributed by atoms with Crippen molar-refractivity contribution in [1.82, 2.24) is 0 Å². The average Bonchev–Trinajstić information content (AvgIpc) is 3.02. The quantitative estimate of drug-likeness (QED) is 0.740. The third-order valence-electron chi connectivity index (χ3n) is 3.67. The van der Waals surface area contributed by atoms with Crippen LogP contribution in [0, 0.1) is 0 Å². The molecule has 0 bridgehead atoms. The molecule has 0 aromatic rings. The zero-order chi connectivity index (χ0) is 10.8. The topological polar surface area (TPSA) is 0 Å². The van der Waals surface area contributed by atoms with Gasteiger partial charge in [-0.1, -0.05) is 0 Å². The Hall–Kier alpha value is -0.690. The molecular weight excluding hydrogens is 295 g/mol. The summed E-state index contributed by atoms with van der Waals surface area (Å²) in [5.41, 5.74) is 0. The van der Waals surface area contributed by atoms with Crippen LogP contribution in [0.15, 0.2) is 72.9 Å². The Morgan fingerprint density at radius 2 is 0.688 bits per heavy atom. The van der Waals surface area contributed by atoms with Gasteiger partial charge in [-0.05, 0) is 0 Å². The van der Waals surface area contributed by atoms with Crippen LogP contribution in [0.25, 0.3) is 0 Å². The van der Waals surface area contributed by atoms with Gasteiger partial charge >= 0.3 is 105 Å². The van der Waals surface area contributed by atoms with Gasteiger partial charge in [0.15, 0.2) is 0 Å². The van der Waals surface area contributed by atoms with Crippen molar-refractivity contribution < 1.29 is 0 Å². The first-order valence-corrected chi connectivity index (χ1v) is 11.7. The van der Waals surface area contributed by atoms with E-state index >= 15 is 0 Å². The Morgan fingerprint density at radius 3 is 0.938 bits per heavy atom. The first kappa shape index (κ1) is 10.5. The van der Waals surface area contributed by atoms with Crippen molar-refractivity contribution in [3.05, 3.63) is 72.9 Å². The van der Waals surface area contributed by atoms with Crippen LogP contribution in [-0.2, 0) is 0 Å². The molecule has 0 spiro atoms. The van der Waals surface area contributed by atoms with Crippen LogP contribution < -0.4 is 0 Å². The summed E-state index contributed by atoms with van der Waals surface area (Å²) in [4.78, 5) is 0. The first-order valence-electron chi connectivity index (χ1n) is 6.00. The van der Waals surface area contributed by atoms with Crippen LogP contribution in [0.1, 0.15) is 0 Å². The molecule has 0 aromatic carbocycles. The van der Waals surface area contributed by atoms with E-state index in [2.05, 4.69) is 72.9 Å². The third-order valence-corrected chi connectivity index (χ3v) is 15.1. The van der Waals surface area contributed by atoms with E-state index in [-0.39, 0.29) is 0 Å². The number of rotatable bonds is 3. The normalized spacial score (nSPS) is 23.2. The summed E-state index contributed by atoms with van der Waals surface area (Å²) in [7, 11) is 0. The Balaban J connectivity index is 1.87. The molecule has 0 atom stereocenters. The van der Waals surface area contributed by atoms with E-state index in [9.17, 15) is 0 Å². The van der Waals surface area contributed by atoms with E-state index in [1.54, 1.807) is 0 Å². The molecule has 0 amide bonds. The van der Waals surface area contributed by atoms with Gasteiger partial charge in [0, 0.05) is 0 Å². The van der Waals surface area contributed by atoms with Crippen molar-refractivity contribution in [2.45, 2.75) is 11.0 Å². The fourth-order valence-electron chi connectivity index (χ4n) is 2.89. The van der Waals surface area contributed by atoms with E-state index in [0.29, 0.717) is 0 Å². The van der Waals surface area contributed by atoms with Crippen molar-refractivity contribution in [3.63, 3.8) is 0 Å². The Kier molecular flexibility index (Phi) is 3.05. The summed E-state index contributed by atoms with van der Waals surface area (Å²) in [5, 5.41) is 0. The molecule has 0 aromatic heterocycles. The van der Waals surface area contributed by atoms with Gasteiger partial charge in [0.2, 0.25) is 0 Å². The molecule has 3 aliphatic carbocycles. The third kappa shape index (κ3) is 1.93.